The molecule has 5 rings (SSSR count). The second kappa shape index (κ2) is 5.56. The molecule has 3 N–H and O–H groups in total. The van der Waals surface area contributed by atoms with Gasteiger partial charge in [0, 0.05) is 13.1 Å². The minimum Gasteiger partial charge on any atom is -0.483 e. The summed E-state index contributed by atoms with van der Waals surface area (Å²) in [5.41, 5.74) is 9.69. The second-order valence-corrected chi connectivity index (χ2v) is 7.41. The predicted octanol–water partition coefficient (Wildman–Crippen LogP) is 2.20. The molecule has 1 aliphatic carbocycles. The predicted molar refractivity (Wildman–Crippen MR) is 101 cm³/mol. The van der Waals surface area contributed by atoms with Gasteiger partial charge in [-0.05, 0) is 50.5 Å². The maximum atomic E-state index is 12.9. The lowest BCUT2D eigenvalue weighted by Crippen LogP contribution is -2.30. The maximum absolute atomic E-state index is 12.9. The van der Waals surface area contributed by atoms with Crippen molar-refractivity contribution in [2.24, 2.45) is 5.73 Å². The first-order chi connectivity index (χ1) is 13.0. The van der Waals surface area contributed by atoms with Crippen molar-refractivity contribution in [2.75, 3.05) is 5.32 Å². The van der Waals surface area contributed by atoms with E-state index in [0.29, 0.717) is 31.3 Å². The quantitative estimate of drug-likeness (QED) is 0.737. The number of rotatable bonds is 4. The summed E-state index contributed by atoms with van der Waals surface area (Å²) in [6.07, 6.45) is 2.02. The number of aryl methyl sites for hydroxylation is 2. The highest BCUT2D eigenvalue weighted by Gasteiger charge is 2.49. The lowest BCUT2D eigenvalue weighted by Gasteiger charge is -2.26. The summed E-state index contributed by atoms with van der Waals surface area (Å²) in [7, 11) is 0. The Morgan fingerprint density at radius 3 is 2.89 bits per heavy atom. The molecule has 2 aliphatic rings. The van der Waals surface area contributed by atoms with Crippen LogP contribution in [0.5, 0.6) is 5.75 Å². The van der Waals surface area contributed by atoms with Gasteiger partial charge in [0.25, 0.3) is 5.91 Å². The number of hydrogen-bond donors (Lipinski definition) is 2. The Hall–Kier alpha value is -2.87. The molecule has 0 bridgehead atoms. The fraction of sp³-hybridized carbons (Fsp3) is 0.421. The lowest BCUT2D eigenvalue weighted by atomic mass is 10.1. The fourth-order valence-corrected chi connectivity index (χ4v) is 3.82. The summed E-state index contributed by atoms with van der Waals surface area (Å²) in [4.78, 5) is 17.6. The van der Waals surface area contributed by atoms with Gasteiger partial charge in [0.2, 0.25) is 5.95 Å². The summed E-state index contributed by atoms with van der Waals surface area (Å²) in [6, 6.07) is 5.74. The number of carbonyl (C=O) groups is 1. The third-order valence-corrected chi connectivity index (χ3v) is 5.34. The van der Waals surface area contributed by atoms with Crippen LogP contribution >= 0.6 is 0 Å². The Bertz CT molecular complexity index is 1080. The maximum Gasteiger partial charge on any atom is 0.276 e. The highest BCUT2D eigenvalue weighted by Crippen LogP contribution is 2.48. The third-order valence-electron chi connectivity index (χ3n) is 5.34. The first-order valence-corrected chi connectivity index (χ1v) is 9.30. The molecule has 1 saturated carbocycles. The Labute approximate surface area is 156 Å². The number of carbonyl (C=O) groups excluding carboxylic acids is 1. The van der Waals surface area contributed by atoms with Crippen LogP contribution in [0.25, 0.3) is 11.0 Å². The largest absolute Gasteiger partial charge is 0.483 e. The fourth-order valence-electron chi connectivity index (χ4n) is 3.82. The Balaban J connectivity index is 1.58. The molecule has 0 radical (unpaired) electrons. The molecule has 8 nitrogen and oxygen atoms in total. The van der Waals surface area contributed by atoms with E-state index < -0.39 is 0 Å². The van der Waals surface area contributed by atoms with Crippen molar-refractivity contribution < 1.29 is 9.53 Å². The molecule has 1 aliphatic heterocycles. The standard InChI is InChI=1S/C19H22N6O2/c1-3-25-14(6-11(2)23-25)17(26)22-18-21-13-7-12(9-20)8-15-16(13)24(18)10-19(27-15)4-5-19/h6-8H,3-5,9-10,20H2,1-2H3,(H,21,22,26). The number of imidazole rings is 1. The molecule has 27 heavy (non-hydrogen) atoms. The van der Waals surface area contributed by atoms with E-state index >= 15 is 0 Å². The molecular formula is C19H22N6O2. The van der Waals surface area contributed by atoms with Gasteiger partial charge in [-0.1, -0.05) is 0 Å². The van der Waals surface area contributed by atoms with Gasteiger partial charge < -0.3 is 15.0 Å². The SMILES string of the molecule is CCn1nc(C)cc1C(=O)Nc1nc2cc(CN)cc3c2n1CC1(CC1)O3. The van der Waals surface area contributed by atoms with Crippen molar-refractivity contribution in [3.63, 3.8) is 0 Å². The smallest absolute Gasteiger partial charge is 0.276 e. The molecule has 0 unspecified atom stereocenters. The number of ether oxygens (including phenoxy) is 1. The van der Waals surface area contributed by atoms with Crippen molar-refractivity contribution in [2.45, 2.75) is 51.9 Å². The zero-order valence-electron chi connectivity index (χ0n) is 15.5. The van der Waals surface area contributed by atoms with Crippen LogP contribution in [0.1, 0.15) is 41.5 Å². The van der Waals surface area contributed by atoms with E-state index in [1.165, 1.54) is 0 Å². The minimum atomic E-state index is -0.207. The van der Waals surface area contributed by atoms with E-state index in [1.54, 1.807) is 10.7 Å². The van der Waals surface area contributed by atoms with Crippen LogP contribution in [-0.2, 0) is 19.6 Å². The molecule has 8 heteroatoms. The molecular weight excluding hydrogens is 344 g/mol. The van der Waals surface area contributed by atoms with Gasteiger partial charge in [0.1, 0.15) is 22.6 Å². The van der Waals surface area contributed by atoms with Crippen molar-refractivity contribution in [1.82, 2.24) is 19.3 Å². The molecule has 3 aromatic rings. The summed E-state index contributed by atoms with van der Waals surface area (Å²) in [5.74, 6) is 1.14. The van der Waals surface area contributed by atoms with Crippen LogP contribution in [0.4, 0.5) is 5.95 Å². The Morgan fingerprint density at radius 2 is 2.19 bits per heavy atom. The summed E-state index contributed by atoms with van der Waals surface area (Å²) in [6.45, 7) is 5.59. The van der Waals surface area contributed by atoms with Crippen LogP contribution in [0.15, 0.2) is 18.2 Å². The van der Waals surface area contributed by atoms with Crippen molar-refractivity contribution in [1.29, 1.82) is 0 Å². The zero-order valence-corrected chi connectivity index (χ0v) is 15.5. The summed E-state index contributed by atoms with van der Waals surface area (Å²) in [5, 5.41) is 7.34. The average molecular weight is 366 g/mol. The summed E-state index contributed by atoms with van der Waals surface area (Å²) >= 11 is 0. The number of amides is 1. The molecule has 1 aromatic carbocycles. The van der Waals surface area contributed by atoms with Crippen molar-refractivity contribution in [3.05, 3.63) is 35.2 Å². The van der Waals surface area contributed by atoms with Gasteiger partial charge in [-0.25, -0.2) is 4.98 Å². The number of anilines is 1. The van der Waals surface area contributed by atoms with E-state index in [0.717, 1.165) is 40.9 Å². The molecule has 140 valence electrons. The number of aromatic nitrogens is 4. The van der Waals surface area contributed by atoms with Crippen LogP contribution < -0.4 is 15.8 Å². The molecule has 3 heterocycles. The molecule has 1 fully saturated rings. The Morgan fingerprint density at radius 1 is 1.37 bits per heavy atom. The highest BCUT2D eigenvalue weighted by atomic mass is 16.5. The normalized spacial score (nSPS) is 16.6. The van der Waals surface area contributed by atoms with Crippen LogP contribution in [-0.4, -0.2) is 30.8 Å². The van der Waals surface area contributed by atoms with E-state index in [9.17, 15) is 4.79 Å². The van der Waals surface area contributed by atoms with Gasteiger partial charge in [0.05, 0.1) is 17.8 Å². The number of hydrogen-bond acceptors (Lipinski definition) is 5. The first kappa shape index (κ1) is 16.3. The lowest BCUT2D eigenvalue weighted by molar-refractivity contribution is 0.101. The molecule has 2 aromatic heterocycles. The number of nitrogens with two attached hydrogens (primary N) is 1. The van der Waals surface area contributed by atoms with Crippen molar-refractivity contribution >= 4 is 22.9 Å². The molecule has 0 saturated heterocycles. The topological polar surface area (TPSA) is 100.0 Å². The molecule has 1 spiro atoms. The number of nitrogens with zero attached hydrogens (tertiary/aromatic N) is 4. The van der Waals surface area contributed by atoms with Gasteiger partial charge in [-0.15, -0.1) is 0 Å². The van der Waals surface area contributed by atoms with E-state index in [-0.39, 0.29) is 11.5 Å². The third kappa shape index (κ3) is 2.51. The number of benzene rings is 1. The Kier molecular flexibility index (Phi) is 3.36. The molecule has 1 amide bonds. The van der Waals surface area contributed by atoms with Gasteiger partial charge in [-0.3, -0.25) is 14.8 Å². The molecule has 0 atom stereocenters. The van der Waals surface area contributed by atoms with Gasteiger partial charge >= 0.3 is 0 Å². The van der Waals surface area contributed by atoms with Gasteiger partial charge in [-0.2, -0.15) is 5.10 Å². The van der Waals surface area contributed by atoms with Crippen molar-refractivity contribution in [3.8, 4) is 5.75 Å². The average Bonchev–Trinajstić information content (AvgIpc) is 3.13. The second-order valence-electron chi connectivity index (χ2n) is 7.41. The van der Waals surface area contributed by atoms with Crippen LogP contribution in [0.2, 0.25) is 0 Å². The summed E-state index contributed by atoms with van der Waals surface area (Å²) < 4.78 is 10.0. The monoisotopic (exact) mass is 366 g/mol. The van der Waals surface area contributed by atoms with E-state index in [1.807, 2.05) is 26.0 Å². The van der Waals surface area contributed by atoms with E-state index in [4.69, 9.17) is 10.5 Å². The highest BCUT2D eigenvalue weighted by molar-refractivity contribution is 6.03. The van der Waals surface area contributed by atoms with Gasteiger partial charge in [0.15, 0.2) is 0 Å². The minimum absolute atomic E-state index is 0.172. The van der Waals surface area contributed by atoms with Crippen LogP contribution in [0.3, 0.4) is 0 Å². The van der Waals surface area contributed by atoms with Crippen LogP contribution in [0, 0.1) is 6.92 Å². The first-order valence-electron chi connectivity index (χ1n) is 9.30. The number of nitrogens with one attached hydrogen (secondary N) is 1. The van der Waals surface area contributed by atoms with E-state index in [2.05, 4.69) is 20.0 Å². The zero-order chi connectivity index (χ0) is 18.8.